The maximum absolute atomic E-state index is 12.9. The molecule has 1 N–H and O–H groups in total. The van der Waals surface area contributed by atoms with Crippen LogP contribution in [0, 0.1) is 0 Å². The Balaban J connectivity index is 2.12. The van der Waals surface area contributed by atoms with E-state index in [1.165, 1.54) is 26.0 Å². The van der Waals surface area contributed by atoms with Crippen LogP contribution in [0.3, 0.4) is 0 Å². The Morgan fingerprint density at radius 2 is 1.80 bits per heavy atom. The Labute approximate surface area is 139 Å². The number of benzene rings is 1. The third-order valence-corrected chi connectivity index (χ3v) is 2.84. The van der Waals surface area contributed by atoms with Crippen LogP contribution in [0.25, 0.3) is 0 Å². The minimum absolute atomic E-state index is 0.0977. The number of nitrogens with one attached hydrogen (secondary N) is 1. The summed E-state index contributed by atoms with van der Waals surface area (Å²) in [7, 11) is 0. The summed E-state index contributed by atoms with van der Waals surface area (Å²) < 4.78 is 63.7. The number of hydrogen-bond donors (Lipinski definition) is 1. The molecule has 0 aromatic heterocycles. The van der Waals surface area contributed by atoms with Gasteiger partial charge >= 0.3 is 24.5 Å². The smallest absolute Gasteiger partial charge is 0.428 e. The molecule has 1 fully saturated rings. The second kappa shape index (κ2) is 6.61. The highest BCUT2D eigenvalue weighted by atomic mass is 19.3. The summed E-state index contributed by atoms with van der Waals surface area (Å²) >= 11 is 0. The van der Waals surface area contributed by atoms with Crippen molar-refractivity contribution < 1.29 is 41.4 Å². The van der Waals surface area contributed by atoms with Crippen molar-refractivity contribution in [3.63, 3.8) is 0 Å². The Morgan fingerprint density at radius 1 is 1.20 bits per heavy atom. The lowest BCUT2D eigenvalue weighted by atomic mass is 10.2. The molecule has 25 heavy (non-hydrogen) atoms. The van der Waals surface area contributed by atoms with Gasteiger partial charge in [-0.05, 0) is 12.1 Å². The van der Waals surface area contributed by atoms with E-state index in [2.05, 4.69) is 10.1 Å². The Kier molecular flexibility index (Phi) is 4.91. The van der Waals surface area contributed by atoms with Crippen molar-refractivity contribution in [2.75, 3.05) is 5.32 Å². The van der Waals surface area contributed by atoms with Gasteiger partial charge in [-0.15, -0.1) is 0 Å². The number of anilines is 1. The van der Waals surface area contributed by atoms with Gasteiger partial charge < -0.3 is 19.5 Å². The van der Waals surface area contributed by atoms with Gasteiger partial charge in [0.2, 0.25) is 0 Å². The fraction of sp³-hybridized carbons (Fsp3) is 0.333. The van der Waals surface area contributed by atoms with Crippen molar-refractivity contribution in [2.24, 2.45) is 0 Å². The summed E-state index contributed by atoms with van der Waals surface area (Å²) in [6.45, 7) is 2.74. The fourth-order valence-corrected chi connectivity index (χ4v) is 1.78. The number of cyclic esters (lactones) is 2. The number of halogens is 4. The van der Waals surface area contributed by atoms with Gasteiger partial charge in [0.1, 0.15) is 5.75 Å². The van der Waals surface area contributed by atoms with Crippen molar-refractivity contribution in [3.05, 3.63) is 36.0 Å². The van der Waals surface area contributed by atoms with E-state index in [1.807, 2.05) is 0 Å². The molecule has 0 atom stereocenters. The van der Waals surface area contributed by atoms with Gasteiger partial charge in [0.05, 0.1) is 0 Å². The normalized spacial score (nSPS) is 17.0. The molecule has 2 rings (SSSR count). The molecule has 0 unspecified atom stereocenters. The summed E-state index contributed by atoms with van der Waals surface area (Å²) in [5, 5.41) is 2.48. The van der Waals surface area contributed by atoms with Crippen LogP contribution in [0.5, 0.6) is 5.75 Å². The van der Waals surface area contributed by atoms with Gasteiger partial charge in [-0.25, -0.2) is 9.59 Å². The zero-order chi connectivity index (χ0) is 18.8. The molecule has 1 saturated heterocycles. The first-order valence-corrected chi connectivity index (χ1v) is 6.88. The third kappa shape index (κ3) is 4.61. The van der Waals surface area contributed by atoms with Crippen molar-refractivity contribution in [1.82, 2.24) is 0 Å². The molecule has 1 aliphatic rings. The molecule has 1 aliphatic heterocycles. The van der Waals surface area contributed by atoms with Crippen LogP contribution >= 0.6 is 0 Å². The average molecular weight is 363 g/mol. The maximum atomic E-state index is 12.9. The predicted octanol–water partition coefficient (Wildman–Crippen LogP) is 3.06. The zero-order valence-electron chi connectivity index (χ0n) is 13.0. The summed E-state index contributed by atoms with van der Waals surface area (Å²) in [6, 6.07) is 4.64. The van der Waals surface area contributed by atoms with Crippen LogP contribution in [0.15, 0.2) is 36.0 Å². The standard InChI is InChI=1S/C15H13F4NO5/c1-14(2)24-11(21)10(12(22)25-14)7-20-8-4-3-5-9(6-8)23-15(18,19)13(16)17/h3-7,13,20H,1-2H3. The lowest BCUT2D eigenvalue weighted by Crippen LogP contribution is -2.42. The van der Waals surface area contributed by atoms with E-state index in [9.17, 15) is 27.2 Å². The molecule has 136 valence electrons. The number of carbonyl (C=O) groups is 2. The Morgan fingerprint density at radius 3 is 2.36 bits per heavy atom. The zero-order valence-corrected chi connectivity index (χ0v) is 13.0. The fourth-order valence-electron chi connectivity index (χ4n) is 1.78. The lowest BCUT2D eigenvalue weighted by molar-refractivity contribution is -0.253. The number of ether oxygens (including phenoxy) is 3. The molecule has 0 saturated carbocycles. The molecule has 1 aromatic rings. The highest BCUT2D eigenvalue weighted by Gasteiger charge is 2.44. The number of alkyl halides is 4. The molecular weight excluding hydrogens is 350 g/mol. The average Bonchev–Trinajstić information content (AvgIpc) is 2.44. The first kappa shape index (κ1) is 18.6. The largest absolute Gasteiger partial charge is 0.461 e. The number of hydrogen-bond acceptors (Lipinski definition) is 6. The van der Waals surface area contributed by atoms with Crippen LogP contribution in [0.1, 0.15) is 13.8 Å². The lowest BCUT2D eigenvalue weighted by Gasteiger charge is -2.29. The molecule has 0 amide bonds. The SMILES string of the molecule is CC1(C)OC(=O)C(=CNc2cccc(OC(F)(F)C(F)F)c2)C(=O)O1. The van der Waals surface area contributed by atoms with Crippen LogP contribution in [0.4, 0.5) is 23.2 Å². The predicted molar refractivity (Wildman–Crippen MR) is 76.0 cm³/mol. The summed E-state index contributed by atoms with van der Waals surface area (Å²) in [5.41, 5.74) is -0.357. The quantitative estimate of drug-likeness (QED) is 0.375. The van der Waals surface area contributed by atoms with Crippen LogP contribution in [0.2, 0.25) is 0 Å². The summed E-state index contributed by atoms with van der Waals surface area (Å²) in [5.74, 6) is -3.82. The minimum atomic E-state index is -4.65. The molecule has 1 heterocycles. The molecule has 0 radical (unpaired) electrons. The number of esters is 2. The van der Waals surface area contributed by atoms with Gasteiger partial charge in [0, 0.05) is 31.8 Å². The van der Waals surface area contributed by atoms with Crippen molar-refractivity contribution >= 4 is 17.6 Å². The van der Waals surface area contributed by atoms with Gasteiger partial charge in [0.15, 0.2) is 5.57 Å². The van der Waals surface area contributed by atoms with E-state index in [0.29, 0.717) is 0 Å². The second-order valence-electron chi connectivity index (χ2n) is 5.37. The van der Waals surface area contributed by atoms with Gasteiger partial charge in [0.25, 0.3) is 5.79 Å². The third-order valence-electron chi connectivity index (χ3n) is 2.84. The van der Waals surface area contributed by atoms with Crippen molar-refractivity contribution in [3.8, 4) is 5.75 Å². The van der Waals surface area contributed by atoms with E-state index in [1.54, 1.807) is 0 Å². The molecule has 0 aliphatic carbocycles. The second-order valence-corrected chi connectivity index (χ2v) is 5.37. The molecule has 10 heteroatoms. The van der Waals surface area contributed by atoms with Gasteiger partial charge in [-0.2, -0.15) is 17.6 Å². The Bertz CT molecular complexity index is 696. The minimum Gasteiger partial charge on any atom is -0.428 e. The highest BCUT2D eigenvalue weighted by Crippen LogP contribution is 2.29. The van der Waals surface area contributed by atoms with Crippen molar-refractivity contribution in [1.29, 1.82) is 0 Å². The van der Waals surface area contributed by atoms with Crippen LogP contribution in [-0.2, 0) is 19.1 Å². The molecule has 6 nitrogen and oxygen atoms in total. The molecule has 0 spiro atoms. The van der Waals surface area contributed by atoms with Crippen LogP contribution < -0.4 is 10.1 Å². The first-order chi connectivity index (χ1) is 11.5. The van der Waals surface area contributed by atoms with E-state index in [-0.39, 0.29) is 5.69 Å². The highest BCUT2D eigenvalue weighted by molar-refractivity contribution is 6.15. The number of rotatable bonds is 5. The molecular formula is C15H13F4NO5. The summed E-state index contributed by atoms with van der Waals surface area (Å²) in [6.07, 6.45) is -7.70. The van der Waals surface area contributed by atoms with Gasteiger partial charge in [-0.3, -0.25) is 0 Å². The van der Waals surface area contributed by atoms with E-state index >= 15 is 0 Å². The monoisotopic (exact) mass is 363 g/mol. The van der Waals surface area contributed by atoms with Crippen molar-refractivity contribution in [2.45, 2.75) is 32.2 Å². The van der Waals surface area contributed by atoms with E-state index in [0.717, 1.165) is 18.3 Å². The Hall–Kier alpha value is -2.78. The van der Waals surface area contributed by atoms with E-state index in [4.69, 9.17) is 9.47 Å². The molecule has 0 bridgehead atoms. The van der Waals surface area contributed by atoms with Crippen LogP contribution in [-0.4, -0.2) is 30.3 Å². The topological polar surface area (TPSA) is 73.9 Å². The summed E-state index contributed by atoms with van der Waals surface area (Å²) in [4.78, 5) is 23.5. The molecule has 1 aromatic carbocycles. The van der Waals surface area contributed by atoms with E-state index < -0.39 is 41.6 Å². The van der Waals surface area contributed by atoms with Gasteiger partial charge in [-0.1, -0.05) is 6.07 Å². The number of carbonyl (C=O) groups excluding carboxylic acids is 2. The maximum Gasteiger partial charge on any atom is 0.461 e. The first-order valence-electron chi connectivity index (χ1n) is 6.88.